The number of thiophene rings is 1. The number of hydrogen-bond acceptors (Lipinski definition) is 3. The molecule has 0 aliphatic heterocycles. The highest BCUT2D eigenvalue weighted by Crippen LogP contribution is 2.31. The number of rotatable bonds is 3. The van der Waals surface area contributed by atoms with E-state index < -0.39 is 0 Å². The average molecular weight is 246 g/mol. The minimum absolute atomic E-state index is 0.234. The Morgan fingerprint density at radius 2 is 2.00 bits per heavy atom. The molecule has 1 aromatic heterocycles. The van der Waals surface area contributed by atoms with Gasteiger partial charge in [0, 0.05) is 4.88 Å². The van der Waals surface area contributed by atoms with Crippen LogP contribution in [0.5, 0.6) is 0 Å². The maximum Gasteiger partial charge on any atom is 0.348 e. The number of carbonyl (C=O) groups excluding carboxylic acids is 1. The first kappa shape index (κ1) is 11.9. The van der Waals surface area contributed by atoms with E-state index in [0.29, 0.717) is 11.5 Å². The average Bonchev–Trinajstić information content (AvgIpc) is 2.73. The predicted octanol–water partition coefficient (Wildman–Crippen LogP) is 3.90. The van der Waals surface area contributed by atoms with E-state index in [4.69, 9.17) is 4.74 Å². The van der Waals surface area contributed by atoms with Gasteiger partial charge >= 0.3 is 5.97 Å². The number of carbonyl (C=O) groups is 1. The number of ether oxygens (including phenoxy) is 1. The van der Waals surface area contributed by atoms with E-state index in [9.17, 15) is 4.79 Å². The third kappa shape index (κ3) is 2.56. The first-order chi connectivity index (χ1) is 8.22. The summed E-state index contributed by atoms with van der Waals surface area (Å²) >= 11 is 1.48. The zero-order chi connectivity index (χ0) is 12.3. The number of benzene rings is 1. The second-order valence-electron chi connectivity index (χ2n) is 3.67. The standard InChI is InChI=1S/C14H14O2S/c1-3-16-14(15)13-9-12(10(2)17-13)11-7-5-4-6-8-11/h4-9H,3H2,1-2H3. The monoisotopic (exact) mass is 246 g/mol. The van der Waals surface area contributed by atoms with Gasteiger partial charge in [-0.2, -0.15) is 0 Å². The van der Waals surface area contributed by atoms with Gasteiger partial charge in [-0.25, -0.2) is 4.79 Å². The van der Waals surface area contributed by atoms with E-state index >= 15 is 0 Å². The van der Waals surface area contributed by atoms with Gasteiger partial charge in [-0.1, -0.05) is 30.3 Å². The Kier molecular flexibility index (Phi) is 3.59. The van der Waals surface area contributed by atoms with Crippen molar-refractivity contribution in [3.05, 3.63) is 46.2 Å². The van der Waals surface area contributed by atoms with Crippen LogP contribution in [0.2, 0.25) is 0 Å². The third-order valence-electron chi connectivity index (χ3n) is 2.48. The largest absolute Gasteiger partial charge is 0.462 e. The Bertz CT molecular complexity index is 514. The normalized spacial score (nSPS) is 10.2. The van der Waals surface area contributed by atoms with Crippen molar-refractivity contribution in [3.8, 4) is 11.1 Å². The van der Waals surface area contributed by atoms with Gasteiger partial charge < -0.3 is 4.74 Å². The second kappa shape index (κ2) is 5.15. The van der Waals surface area contributed by atoms with Crippen LogP contribution < -0.4 is 0 Å². The van der Waals surface area contributed by atoms with Crippen molar-refractivity contribution in [2.75, 3.05) is 6.61 Å². The Labute approximate surface area is 105 Å². The smallest absolute Gasteiger partial charge is 0.348 e. The molecule has 0 aliphatic carbocycles. The minimum atomic E-state index is -0.234. The van der Waals surface area contributed by atoms with Crippen molar-refractivity contribution in [2.45, 2.75) is 13.8 Å². The molecule has 1 heterocycles. The third-order valence-corrected chi connectivity index (χ3v) is 3.51. The molecule has 0 bridgehead atoms. The Hall–Kier alpha value is -1.61. The molecule has 1 aromatic carbocycles. The first-order valence-electron chi connectivity index (χ1n) is 5.55. The molecule has 2 nitrogen and oxygen atoms in total. The molecule has 0 N–H and O–H groups in total. The van der Waals surface area contributed by atoms with Gasteiger partial charge in [0.15, 0.2) is 0 Å². The fourth-order valence-electron chi connectivity index (χ4n) is 1.69. The number of esters is 1. The van der Waals surface area contributed by atoms with Crippen molar-refractivity contribution < 1.29 is 9.53 Å². The van der Waals surface area contributed by atoms with Gasteiger partial charge in [0.25, 0.3) is 0 Å². The van der Waals surface area contributed by atoms with Crippen LogP contribution in [0.15, 0.2) is 36.4 Å². The summed E-state index contributed by atoms with van der Waals surface area (Å²) in [5, 5.41) is 0. The van der Waals surface area contributed by atoms with Crippen molar-refractivity contribution >= 4 is 17.3 Å². The van der Waals surface area contributed by atoms with E-state index in [-0.39, 0.29) is 5.97 Å². The van der Waals surface area contributed by atoms with Crippen molar-refractivity contribution in [2.24, 2.45) is 0 Å². The Morgan fingerprint density at radius 1 is 1.29 bits per heavy atom. The summed E-state index contributed by atoms with van der Waals surface area (Å²) in [4.78, 5) is 13.4. The van der Waals surface area contributed by atoms with Gasteiger partial charge in [-0.15, -0.1) is 11.3 Å². The van der Waals surface area contributed by atoms with Crippen LogP contribution in [0, 0.1) is 6.92 Å². The Morgan fingerprint density at radius 3 is 2.65 bits per heavy atom. The highest BCUT2D eigenvalue weighted by Gasteiger charge is 2.13. The van der Waals surface area contributed by atoms with Gasteiger partial charge in [-0.05, 0) is 31.0 Å². The summed E-state index contributed by atoms with van der Waals surface area (Å²) in [6.45, 7) is 4.25. The molecule has 2 rings (SSSR count). The van der Waals surface area contributed by atoms with Crippen LogP contribution >= 0.6 is 11.3 Å². The molecule has 2 aromatic rings. The second-order valence-corrected chi connectivity index (χ2v) is 4.92. The lowest BCUT2D eigenvalue weighted by Crippen LogP contribution is -2.01. The molecule has 0 saturated carbocycles. The molecule has 0 saturated heterocycles. The fourth-order valence-corrected chi connectivity index (χ4v) is 2.62. The minimum Gasteiger partial charge on any atom is -0.462 e. The molecule has 17 heavy (non-hydrogen) atoms. The molecule has 3 heteroatoms. The summed E-state index contributed by atoms with van der Waals surface area (Å²) in [6.07, 6.45) is 0. The maximum atomic E-state index is 11.6. The van der Waals surface area contributed by atoms with Gasteiger partial charge in [0.2, 0.25) is 0 Å². The zero-order valence-electron chi connectivity index (χ0n) is 9.90. The molecular weight excluding hydrogens is 232 g/mol. The summed E-state index contributed by atoms with van der Waals surface area (Å²) in [5.41, 5.74) is 2.25. The van der Waals surface area contributed by atoms with Crippen molar-refractivity contribution in [1.82, 2.24) is 0 Å². The van der Waals surface area contributed by atoms with E-state index in [1.807, 2.05) is 50.2 Å². The van der Waals surface area contributed by atoms with Crippen LogP contribution in [0.3, 0.4) is 0 Å². The van der Waals surface area contributed by atoms with E-state index in [1.54, 1.807) is 0 Å². The fraction of sp³-hybridized carbons (Fsp3) is 0.214. The maximum absolute atomic E-state index is 11.6. The highest BCUT2D eigenvalue weighted by molar-refractivity contribution is 7.14. The SMILES string of the molecule is CCOC(=O)c1cc(-c2ccccc2)c(C)s1. The summed E-state index contributed by atoms with van der Waals surface area (Å²) < 4.78 is 5.00. The van der Waals surface area contributed by atoms with Crippen LogP contribution in [0.25, 0.3) is 11.1 Å². The number of aryl methyl sites for hydroxylation is 1. The lowest BCUT2D eigenvalue weighted by molar-refractivity contribution is 0.0532. The van der Waals surface area contributed by atoms with Crippen LogP contribution in [0.4, 0.5) is 0 Å². The summed E-state index contributed by atoms with van der Waals surface area (Å²) in [7, 11) is 0. The zero-order valence-corrected chi connectivity index (χ0v) is 10.7. The van der Waals surface area contributed by atoms with Crippen molar-refractivity contribution in [3.63, 3.8) is 0 Å². The lowest BCUT2D eigenvalue weighted by atomic mass is 10.1. The Balaban J connectivity index is 2.35. The van der Waals surface area contributed by atoms with Gasteiger partial charge in [0.05, 0.1) is 6.61 Å². The first-order valence-corrected chi connectivity index (χ1v) is 6.37. The summed E-state index contributed by atoms with van der Waals surface area (Å²) in [5.74, 6) is -0.234. The molecule has 0 fully saturated rings. The van der Waals surface area contributed by atoms with Crippen molar-refractivity contribution in [1.29, 1.82) is 0 Å². The molecule has 0 amide bonds. The lowest BCUT2D eigenvalue weighted by Gasteiger charge is -1.98. The number of hydrogen-bond donors (Lipinski definition) is 0. The quantitative estimate of drug-likeness (QED) is 0.768. The van der Waals surface area contributed by atoms with Gasteiger partial charge in [-0.3, -0.25) is 0 Å². The molecule has 0 spiro atoms. The van der Waals surface area contributed by atoms with Gasteiger partial charge in [0.1, 0.15) is 4.88 Å². The van der Waals surface area contributed by atoms with Crippen LogP contribution in [-0.2, 0) is 4.74 Å². The van der Waals surface area contributed by atoms with Crippen LogP contribution in [0.1, 0.15) is 21.5 Å². The predicted molar refractivity (Wildman–Crippen MR) is 70.4 cm³/mol. The highest BCUT2D eigenvalue weighted by atomic mass is 32.1. The van der Waals surface area contributed by atoms with Crippen LogP contribution in [-0.4, -0.2) is 12.6 Å². The molecule has 0 atom stereocenters. The summed E-state index contributed by atoms with van der Waals surface area (Å²) in [6, 6.07) is 12.0. The van der Waals surface area contributed by atoms with E-state index in [1.165, 1.54) is 11.3 Å². The van der Waals surface area contributed by atoms with E-state index in [0.717, 1.165) is 16.0 Å². The van der Waals surface area contributed by atoms with E-state index in [2.05, 4.69) is 0 Å². The topological polar surface area (TPSA) is 26.3 Å². The molecular formula is C14H14O2S. The molecule has 0 radical (unpaired) electrons. The molecule has 88 valence electrons. The molecule has 0 unspecified atom stereocenters. The molecule has 0 aliphatic rings.